The van der Waals surface area contributed by atoms with E-state index in [9.17, 15) is 14.3 Å². The topological polar surface area (TPSA) is 40.5 Å². The van der Waals surface area contributed by atoms with Crippen molar-refractivity contribution in [3.8, 4) is 0 Å². The van der Waals surface area contributed by atoms with E-state index in [2.05, 4.69) is 0 Å². The van der Waals surface area contributed by atoms with Crippen molar-refractivity contribution >= 4 is 12.0 Å². The maximum atomic E-state index is 13.5. The highest BCUT2D eigenvalue weighted by Crippen LogP contribution is 2.49. The van der Waals surface area contributed by atoms with Crippen LogP contribution in [0, 0.1) is 11.7 Å². The van der Waals surface area contributed by atoms with E-state index in [0.717, 1.165) is 36.8 Å². The van der Waals surface area contributed by atoms with Crippen LogP contribution in [-0.4, -0.2) is 28.1 Å². The van der Waals surface area contributed by atoms with Crippen LogP contribution in [0.5, 0.6) is 0 Å². The molecular weight excluding hydrogens is 353 g/mol. The van der Waals surface area contributed by atoms with Gasteiger partial charge in [-0.1, -0.05) is 55.3 Å². The highest BCUT2D eigenvalue weighted by atomic mass is 19.1. The second kappa shape index (κ2) is 7.88. The molecule has 2 aromatic carbocycles. The summed E-state index contributed by atoms with van der Waals surface area (Å²) in [6.45, 7) is 0.507. The smallest absolute Gasteiger partial charge is 0.247 e. The van der Waals surface area contributed by atoms with Crippen molar-refractivity contribution in [3.05, 3.63) is 77.6 Å². The van der Waals surface area contributed by atoms with Crippen molar-refractivity contribution in [2.24, 2.45) is 5.92 Å². The number of carbonyl (C=O) groups is 1. The van der Waals surface area contributed by atoms with Gasteiger partial charge in [0, 0.05) is 18.5 Å². The van der Waals surface area contributed by atoms with Crippen LogP contribution in [0.1, 0.15) is 49.3 Å². The number of fused-ring (bicyclic) bond motifs is 1. The third-order valence-electron chi connectivity index (χ3n) is 6.28. The van der Waals surface area contributed by atoms with Gasteiger partial charge in [0.05, 0.1) is 11.6 Å². The Morgan fingerprint density at radius 2 is 1.82 bits per heavy atom. The van der Waals surface area contributed by atoms with Gasteiger partial charge in [-0.15, -0.1) is 0 Å². The molecule has 2 aromatic rings. The van der Waals surface area contributed by atoms with Crippen molar-refractivity contribution < 1.29 is 14.3 Å². The number of nitrogens with zero attached hydrogens (tertiary/aromatic N) is 1. The first kappa shape index (κ1) is 18.9. The minimum atomic E-state index is -0.739. The first-order valence-electron chi connectivity index (χ1n) is 10.1. The summed E-state index contributed by atoms with van der Waals surface area (Å²) in [6.07, 6.45) is 7.75. The molecule has 0 aromatic heterocycles. The molecule has 0 bridgehead atoms. The van der Waals surface area contributed by atoms with Gasteiger partial charge in [-0.05, 0) is 48.6 Å². The maximum Gasteiger partial charge on any atom is 0.247 e. The van der Waals surface area contributed by atoms with E-state index in [1.807, 2.05) is 41.3 Å². The van der Waals surface area contributed by atoms with Gasteiger partial charge in [0.1, 0.15) is 5.82 Å². The Balaban J connectivity index is 1.65. The summed E-state index contributed by atoms with van der Waals surface area (Å²) >= 11 is 0. The molecule has 1 aliphatic heterocycles. The lowest BCUT2D eigenvalue weighted by atomic mass is 9.66. The lowest BCUT2D eigenvalue weighted by Crippen LogP contribution is -2.56. The number of rotatable bonds is 3. The molecule has 146 valence electrons. The molecule has 4 rings (SSSR count). The fraction of sp³-hybridized carbons (Fsp3) is 0.375. The largest absolute Gasteiger partial charge is 0.389 e. The highest BCUT2D eigenvalue weighted by molar-refractivity contribution is 5.92. The van der Waals surface area contributed by atoms with E-state index in [1.54, 1.807) is 18.2 Å². The number of halogens is 1. The zero-order valence-electron chi connectivity index (χ0n) is 15.9. The van der Waals surface area contributed by atoms with Crippen LogP contribution >= 0.6 is 0 Å². The van der Waals surface area contributed by atoms with E-state index >= 15 is 0 Å². The monoisotopic (exact) mass is 379 g/mol. The zero-order chi connectivity index (χ0) is 19.6. The average Bonchev–Trinajstić information content (AvgIpc) is 2.72. The van der Waals surface area contributed by atoms with Gasteiger partial charge < -0.3 is 10.0 Å². The minimum Gasteiger partial charge on any atom is -0.389 e. The molecule has 28 heavy (non-hydrogen) atoms. The second-order valence-corrected chi connectivity index (χ2v) is 7.98. The van der Waals surface area contributed by atoms with Crippen LogP contribution in [0.3, 0.4) is 0 Å². The van der Waals surface area contributed by atoms with E-state index in [0.29, 0.717) is 13.0 Å². The SMILES string of the molecule is O=C(/C=C/c1ccccc1)N1CC[C@]2(O)CCCC[C@H]2[C@H]1c1ccc(F)cc1. The molecule has 2 aliphatic rings. The third-order valence-corrected chi connectivity index (χ3v) is 6.28. The Hall–Kier alpha value is -2.46. The van der Waals surface area contributed by atoms with Gasteiger partial charge in [0.15, 0.2) is 0 Å². The number of benzene rings is 2. The molecule has 1 saturated carbocycles. The number of amides is 1. The van der Waals surface area contributed by atoms with E-state index in [4.69, 9.17) is 0 Å². The summed E-state index contributed by atoms with van der Waals surface area (Å²) in [4.78, 5) is 14.9. The Morgan fingerprint density at radius 1 is 1.07 bits per heavy atom. The van der Waals surface area contributed by atoms with Crippen LogP contribution in [-0.2, 0) is 4.79 Å². The lowest BCUT2D eigenvalue weighted by molar-refractivity contribution is -0.150. The van der Waals surface area contributed by atoms with Crippen LogP contribution < -0.4 is 0 Å². The van der Waals surface area contributed by atoms with E-state index in [1.165, 1.54) is 12.1 Å². The van der Waals surface area contributed by atoms with E-state index in [-0.39, 0.29) is 23.7 Å². The standard InChI is InChI=1S/C24H26FNO2/c25-20-12-10-19(11-13-20)23-21-8-4-5-15-24(21,28)16-17-26(23)22(27)14-9-18-6-2-1-3-7-18/h1-3,6-7,9-14,21,23,28H,4-5,8,15-17H2/b14-9+/t21-,23+,24+/m0/s1. The first-order valence-corrected chi connectivity index (χ1v) is 10.1. The molecule has 3 nitrogen and oxygen atoms in total. The Bertz CT molecular complexity index is 849. The normalized spacial score (nSPS) is 27.6. The predicted octanol–water partition coefficient (Wildman–Crippen LogP) is 4.73. The van der Waals surface area contributed by atoms with Crippen molar-refractivity contribution in [1.29, 1.82) is 0 Å². The third kappa shape index (κ3) is 3.74. The molecule has 0 spiro atoms. The second-order valence-electron chi connectivity index (χ2n) is 7.98. The Kier molecular flexibility index (Phi) is 5.31. The van der Waals surface area contributed by atoms with Crippen molar-refractivity contribution in [1.82, 2.24) is 4.90 Å². The fourth-order valence-electron chi connectivity index (χ4n) is 4.83. The number of piperidine rings is 1. The molecule has 1 saturated heterocycles. The Morgan fingerprint density at radius 3 is 2.57 bits per heavy atom. The predicted molar refractivity (Wildman–Crippen MR) is 108 cm³/mol. The molecule has 0 radical (unpaired) electrons. The molecule has 1 heterocycles. The number of hydrogen-bond acceptors (Lipinski definition) is 2. The van der Waals surface area contributed by atoms with Crippen LogP contribution in [0.4, 0.5) is 4.39 Å². The highest BCUT2D eigenvalue weighted by Gasteiger charge is 2.49. The maximum absolute atomic E-state index is 13.5. The average molecular weight is 379 g/mol. The van der Waals surface area contributed by atoms with Crippen LogP contribution in [0.15, 0.2) is 60.7 Å². The quantitative estimate of drug-likeness (QED) is 0.783. The number of carbonyl (C=O) groups excluding carboxylic acids is 1. The minimum absolute atomic E-state index is 0.0189. The van der Waals surface area contributed by atoms with Gasteiger partial charge in [0.2, 0.25) is 5.91 Å². The molecule has 1 aliphatic carbocycles. The number of hydrogen-bond donors (Lipinski definition) is 1. The summed E-state index contributed by atoms with van der Waals surface area (Å²) in [5, 5.41) is 11.3. The molecule has 0 unspecified atom stereocenters. The summed E-state index contributed by atoms with van der Waals surface area (Å²) in [5.74, 6) is -0.374. The molecular formula is C24H26FNO2. The summed E-state index contributed by atoms with van der Waals surface area (Å²) in [7, 11) is 0. The molecule has 4 heteroatoms. The van der Waals surface area contributed by atoms with Gasteiger partial charge >= 0.3 is 0 Å². The molecule has 1 amide bonds. The summed E-state index contributed by atoms with van der Waals surface area (Å²) in [5.41, 5.74) is 1.13. The van der Waals surface area contributed by atoms with Gasteiger partial charge in [0.25, 0.3) is 0 Å². The fourth-order valence-corrected chi connectivity index (χ4v) is 4.83. The molecule has 3 atom stereocenters. The van der Waals surface area contributed by atoms with Crippen LogP contribution in [0.2, 0.25) is 0 Å². The zero-order valence-corrected chi connectivity index (χ0v) is 15.9. The molecule has 2 fully saturated rings. The van der Waals surface area contributed by atoms with Gasteiger partial charge in [-0.2, -0.15) is 0 Å². The summed E-state index contributed by atoms with van der Waals surface area (Å²) in [6, 6.07) is 15.9. The van der Waals surface area contributed by atoms with Crippen molar-refractivity contribution in [2.45, 2.75) is 43.7 Å². The number of aliphatic hydroxyl groups is 1. The first-order chi connectivity index (χ1) is 13.6. The molecule has 1 N–H and O–H groups in total. The lowest BCUT2D eigenvalue weighted by Gasteiger charge is -2.52. The number of likely N-dealkylation sites (tertiary alicyclic amines) is 1. The van der Waals surface area contributed by atoms with Crippen LogP contribution in [0.25, 0.3) is 6.08 Å². The van der Waals surface area contributed by atoms with Crippen molar-refractivity contribution in [2.75, 3.05) is 6.54 Å². The summed E-state index contributed by atoms with van der Waals surface area (Å²) < 4.78 is 13.5. The van der Waals surface area contributed by atoms with Gasteiger partial charge in [-0.3, -0.25) is 4.79 Å². The van der Waals surface area contributed by atoms with Gasteiger partial charge in [-0.25, -0.2) is 4.39 Å². The van der Waals surface area contributed by atoms with E-state index < -0.39 is 5.60 Å². The Labute approximate surface area is 165 Å². The van der Waals surface area contributed by atoms with Crippen molar-refractivity contribution in [3.63, 3.8) is 0 Å².